The lowest BCUT2D eigenvalue weighted by atomic mass is 10.3. The summed E-state index contributed by atoms with van der Waals surface area (Å²) in [6, 6.07) is 0. The highest BCUT2D eigenvalue weighted by molar-refractivity contribution is 5.85. The number of ether oxygens (including phenoxy) is 2. The van der Waals surface area contributed by atoms with Crippen molar-refractivity contribution in [1.82, 2.24) is 0 Å². The topological polar surface area (TPSA) is 127 Å². The van der Waals surface area contributed by atoms with Gasteiger partial charge >= 0.3 is 23.9 Å². The van der Waals surface area contributed by atoms with Crippen molar-refractivity contribution in [2.45, 2.75) is 33.3 Å². The lowest BCUT2D eigenvalue weighted by molar-refractivity contribution is -0.144. The van der Waals surface area contributed by atoms with Gasteiger partial charge in [0, 0.05) is 29.7 Å². The van der Waals surface area contributed by atoms with Gasteiger partial charge in [0.2, 0.25) is 0 Å². The van der Waals surface area contributed by atoms with Crippen molar-refractivity contribution in [3.05, 3.63) is 49.6 Å². The number of rotatable bonds is 8. The molecule has 0 aliphatic rings. The Balaban J connectivity index is -0.000000364. The van der Waals surface area contributed by atoms with Gasteiger partial charge in [0.25, 0.3) is 0 Å². The fraction of sp³-hybridized carbons (Fsp3) is 0.333. The predicted molar refractivity (Wildman–Crippen MR) is 96.4 cm³/mol. The molecule has 0 aromatic rings. The zero-order chi connectivity index (χ0) is 21.3. The van der Waals surface area contributed by atoms with Crippen LogP contribution in [0.4, 0.5) is 0 Å². The van der Waals surface area contributed by atoms with E-state index < -0.39 is 23.9 Å². The molecular weight excluding hydrogens is 344 g/mol. The number of carboxylic acids is 2. The van der Waals surface area contributed by atoms with Gasteiger partial charge in [-0.1, -0.05) is 26.3 Å². The summed E-state index contributed by atoms with van der Waals surface area (Å²) in [5, 5.41) is 15.8. The van der Waals surface area contributed by atoms with Crippen LogP contribution in [0, 0.1) is 0 Å². The molecule has 0 fully saturated rings. The van der Waals surface area contributed by atoms with E-state index in [-0.39, 0.29) is 23.9 Å². The molecular formula is C18H26O8. The van der Waals surface area contributed by atoms with Crippen molar-refractivity contribution in [2.24, 2.45) is 0 Å². The van der Waals surface area contributed by atoms with Gasteiger partial charge < -0.3 is 19.7 Å². The third-order valence-electron chi connectivity index (χ3n) is 2.15. The van der Waals surface area contributed by atoms with E-state index in [9.17, 15) is 19.2 Å². The highest BCUT2D eigenvalue weighted by Crippen LogP contribution is 1.99. The van der Waals surface area contributed by atoms with E-state index in [4.69, 9.17) is 19.7 Å². The quantitative estimate of drug-likeness (QED) is 0.493. The molecule has 26 heavy (non-hydrogen) atoms. The molecule has 8 nitrogen and oxygen atoms in total. The lowest BCUT2D eigenvalue weighted by Gasteiger charge is -2.11. The number of carbonyl (C=O) groups is 4. The first-order valence-electron chi connectivity index (χ1n) is 7.28. The second kappa shape index (κ2) is 16.7. The Bertz CT molecular complexity index is 497. The Kier molecular flexibility index (Phi) is 17.8. The Morgan fingerprint density at radius 1 is 0.923 bits per heavy atom. The zero-order valence-corrected chi connectivity index (χ0v) is 15.3. The van der Waals surface area contributed by atoms with Gasteiger partial charge in [-0.05, 0) is 20.8 Å². The maximum absolute atomic E-state index is 10.7. The van der Waals surface area contributed by atoms with E-state index in [2.05, 4.69) is 26.3 Å². The summed E-state index contributed by atoms with van der Waals surface area (Å²) in [5.74, 6) is -2.83. The summed E-state index contributed by atoms with van der Waals surface area (Å²) in [7, 11) is 0. The molecule has 0 amide bonds. The molecule has 0 aromatic heterocycles. The van der Waals surface area contributed by atoms with Crippen molar-refractivity contribution in [3.8, 4) is 0 Å². The van der Waals surface area contributed by atoms with E-state index in [1.54, 1.807) is 6.92 Å². The van der Waals surface area contributed by atoms with Crippen LogP contribution in [0.15, 0.2) is 49.6 Å². The average molecular weight is 370 g/mol. The highest BCUT2D eigenvalue weighted by atomic mass is 16.6. The first-order valence-corrected chi connectivity index (χ1v) is 7.28. The van der Waals surface area contributed by atoms with E-state index >= 15 is 0 Å². The van der Waals surface area contributed by atoms with Gasteiger partial charge in [0.1, 0.15) is 6.10 Å². The first kappa shape index (κ1) is 27.7. The van der Waals surface area contributed by atoms with Crippen LogP contribution in [0.25, 0.3) is 0 Å². The molecule has 0 heterocycles. The van der Waals surface area contributed by atoms with Gasteiger partial charge in [0.05, 0.1) is 6.61 Å². The summed E-state index contributed by atoms with van der Waals surface area (Å²) in [4.78, 5) is 40.5. The van der Waals surface area contributed by atoms with Gasteiger partial charge in [-0.3, -0.25) is 0 Å². The fourth-order valence-electron chi connectivity index (χ4n) is 0.690. The molecule has 0 saturated heterocycles. The molecule has 146 valence electrons. The summed E-state index contributed by atoms with van der Waals surface area (Å²) in [6.07, 6.45) is 2.34. The molecule has 1 atom stereocenters. The van der Waals surface area contributed by atoms with E-state index in [0.29, 0.717) is 6.42 Å². The van der Waals surface area contributed by atoms with E-state index in [1.165, 1.54) is 13.8 Å². The monoisotopic (exact) mass is 370 g/mol. The molecule has 0 aromatic carbocycles. The SMILES string of the molecule is C=C(C)C(=O)O.C=C(C)C(=O)O.C=CC(=O)OCCC(C)OC(=O)C=C. The lowest BCUT2D eigenvalue weighted by Crippen LogP contribution is -2.16. The van der Waals surface area contributed by atoms with Crippen molar-refractivity contribution < 1.29 is 38.9 Å². The van der Waals surface area contributed by atoms with Gasteiger partial charge in [0.15, 0.2) is 0 Å². The van der Waals surface area contributed by atoms with Crippen molar-refractivity contribution in [2.75, 3.05) is 6.61 Å². The Morgan fingerprint density at radius 2 is 1.27 bits per heavy atom. The maximum atomic E-state index is 10.7. The summed E-state index contributed by atoms with van der Waals surface area (Å²) in [6.45, 7) is 17.6. The molecule has 2 N–H and O–H groups in total. The second-order valence-electron chi connectivity index (χ2n) is 4.78. The minimum absolute atomic E-state index is 0.176. The molecule has 8 heteroatoms. The molecule has 0 spiro atoms. The molecule has 0 saturated carbocycles. The molecule has 0 radical (unpaired) electrons. The third kappa shape index (κ3) is 23.1. The number of esters is 2. The van der Waals surface area contributed by atoms with E-state index in [0.717, 1.165) is 12.2 Å². The summed E-state index contributed by atoms with van der Waals surface area (Å²) >= 11 is 0. The Morgan fingerprint density at radius 3 is 1.54 bits per heavy atom. The Labute approximate surface area is 153 Å². The highest BCUT2D eigenvalue weighted by Gasteiger charge is 2.06. The summed E-state index contributed by atoms with van der Waals surface area (Å²) < 4.78 is 9.54. The number of hydrogen-bond donors (Lipinski definition) is 2. The van der Waals surface area contributed by atoms with Crippen LogP contribution in [0.1, 0.15) is 27.2 Å². The van der Waals surface area contributed by atoms with Crippen LogP contribution >= 0.6 is 0 Å². The van der Waals surface area contributed by atoms with E-state index in [1.807, 2.05) is 0 Å². The third-order valence-corrected chi connectivity index (χ3v) is 2.15. The van der Waals surface area contributed by atoms with Crippen molar-refractivity contribution in [3.63, 3.8) is 0 Å². The molecule has 1 unspecified atom stereocenters. The normalized spacial score (nSPS) is 9.50. The smallest absolute Gasteiger partial charge is 0.330 e. The second-order valence-corrected chi connectivity index (χ2v) is 4.78. The maximum Gasteiger partial charge on any atom is 0.330 e. The number of hydrogen-bond acceptors (Lipinski definition) is 6. The number of carboxylic acid groups (broad SMARTS) is 2. The minimum atomic E-state index is -0.935. The van der Waals surface area contributed by atoms with Gasteiger partial charge in [-0.25, -0.2) is 19.2 Å². The number of carbonyl (C=O) groups excluding carboxylic acids is 2. The van der Waals surface area contributed by atoms with Crippen LogP contribution in [-0.4, -0.2) is 46.8 Å². The van der Waals surface area contributed by atoms with Crippen LogP contribution in [0.3, 0.4) is 0 Å². The Hall–Kier alpha value is -3.16. The number of aliphatic carboxylic acids is 2. The van der Waals surface area contributed by atoms with Crippen LogP contribution in [0.2, 0.25) is 0 Å². The molecule has 0 rings (SSSR count). The average Bonchev–Trinajstić information content (AvgIpc) is 2.55. The first-order chi connectivity index (χ1) is 11.9. The van der Waals surface area contributed by atoms with Gasteiger partial charge in [-0.15, -0.1) is 0 Å². The standard InChI is InChI=1S/C10H14O4.2C4H6O2/c1-4-9(11)13-7-6-8(3)14-10(12)5-2;2*1-3(2)4(5)6/h4-5,8H,1-2,6-7H2,3H3;2*1H2,2H3,(H,5,6). The molecule has 0 aliphatic heterocycles. The largest absolute Gasteiger partial charge is 0.478 e. The van der Waals surface area contributed by atoms with Crippen LogP contribution in [0.5, 0.6) is 0 Å². The molecule has 0 aliphatic carbocycles. The zero-order valence-electron chi connectivity index (χ0n) is 15.3. The minimum Gasteiger partial charge on any atom is -0.478 e. The van der Waals surface area contributed by atoms with Crippen LogP contribution in [-0.2, 0) is 28.7 Å². The van der Waals surface area contributed by atoms with Crippen LogP contribution < -0.4 is 0 Å². The van der Waals surface area contributed by atoms with Crippen molar-refractivity contribution >= 4 is 23.9 Å². The fourth-order valence-corrected chi connectivity index (χ4v) is 0.690. The predicted octanol–water partition coefficient (Wildman–Crippen LogP) is 2.52. The van der Waals surface area contributed by atoms with Crippen molar-refractivity contribution in [1.29, 1.82) is 0 Å². The molecule has 0 bridgehead atoms. The van der Waals surface area contributed by atoms with Gasteiger partial charge in [-0.2, -0.15) is 0 Å². The summed E-state index contributed by atoms with van der Waals surface area (Å²) in [5.41, 5.74) is 0.352.